The van der Waals surface area contributed by atoms with Gasteiger partial charge in [0.1, 0.15) is 5.82 Å². The number of piperidine rings is 1. The average Bonchev–Trinajstić information content (AvgIpc) is 2.78. The summed E-state index contributed by atoms with van der Waals surface area (Å²) in [6, 6.07) is 4.98. The third-order valence-corrected chi connectivity index (χ3v) is 3.22. The molecule has 2 bridgehead atoms. The molecule has 74 valence electrons. The first-order valence-corrected chi connectivity index (χ1v) is 5.31. The minimum atomic E-state index is 0.713. The number of hydrazine groups is 1. The van der Waals surface area contributed by atoms with Gasteiger partial charge in [0.15, 0.2) is 0 Å². The van der Waals surface area contributed by atoms with Crippen molar-refractivity contribution in [2.24, 2.45) is 0 Å². The van der Waals surface area contributed by atoms with Gasteiger partial charge in [0.05, 0.1) is 0 Å². The van der Waals surface area contributed by atoms with Gasteiger partial charge in [0.25, 0.3) is 0 Å². The van der Waals surface area contributed by atoms with Crippen molar-refractivity contribution in [1.29, 1.82) is 0 Å². The summed E-state index contributed by atoms with van der Waals surface area (Å²) in [5, 5.41) is 4.79. The zero-order chi connectivity index (χ0) is 9.54. The molecule has 3 nitrogen and oxygen atoms in total. The van der Waals surface area contributed by atoms with Gasteiger partial charge in [-0.1, -0.05) is 6.07 Å². The normalized spacial score (nSPS) is 29.9. The number of hydrogen-bond donors (Lipinski definition) is 0. The zero-order valence-corrected chi connectivity index (χ0v) is 8.48. The van der Waals surface area contributed by atoms with Gasteiger partial charge in [0, 0.05) is 25.3 Å². The second-order valence-electron chi connectivity index (χ2n) is 4.22. The summed E-state index contributed by atoms with van der Waals surface area (Å²) >= 11 is 0. The van der Waals surface area contributed by atoms with Crippen LogP contribution in [0.1, 0.15) is 18.4 Å². The third kappa shape index (κ3) is 1.12. The Morgan fingerprint density at radius 1 is 1.29 bits per heavy atom. The van der Waals surface area contributed by atoms with Gasteiger partial charge in [-0.25, -0.2) is 9.99 Å². The van der Waals surface area contributed by atoms with Gasteiger partial charge in [-0.05, 0) is 31.4 Å². The first kappa shape index (κ1) is 8.24. The predicted molar refractivity (Wildman–Crippen MR) is 56.0 cm³/mol. The largest absolute Gasteiger partial charge is 0.286 e. The molecule has 2 aliphatic heterocycles. The quantitative estimate of drug-likeness (QED) is 0.668. The number of aromatic nitrogens is 1. The van der Waals surface area contributed by atoms with Gasteiger partial charge < -0.3 is 0 Å². The number of aryl methyl sites for hydroxylation is 1. The third-order valence-electron chi connectivity index (χ3n) is 3.22. The highest BCUT2D eigenvalue weighted by atomic mass is 15.7. The number of anilines is 1. The van der Waals surface area contributed by atoms with E-state index in [2.05, 4.69) is 34.1 Å². The first-order chi connectivity index (χ1) is 6.84. The van der Waals surface area contributed by atoms with Crippen LogP contribution in [0.5, 0.6) is 0 Å². The molecule has 3 heterocycles. The molecule has 0 atom stereocenters. The van der Waals surface area contributed by atoms with E-state index in [9.17, 15) is 0 Å². The standard InChI is InChI=1S/C11H15N3/c1-9-2-3-11(12-8-9)14-10-4-6-13(14)7-5-10/h2-3,8,10H,4-7H2,1H3. The molecule has 0 saturated carbocycles. The van der Waals surface area contributed by atoms with Crippen molar-refractivity contribution in [2.75, 3.05) is 18.1 Å². The Balaban J connectivity index is 1.92. The Labute approximate surface area is 84.3 Å². The van der Waals surface area contributed by atoms with Crippen LogP contribution in [0, 0.1) is 6.92 Å². The summed E-state index contributed by atoms with van der Waals surface area (Å²) in [6.07, 6.45) is 4.55. The highest BCUT2D eigenvalue weighted by molar-refractivity contribution is 5.41. The van der Waals surface area contributed by atoms with Crippen molar-refractivity contribution in [3.63, 3.8) is 0 Å². The van der Waals surface area contributed by atoms with Crippen LogP contribution < -0.4 is 5.01 Å². The number of fused-ring (bicyclic) bond motifs is 2. The van der Waals surface area contributed by atoms with E-state index in [-0.39, 0.29) is 0 Å². The van der Waals surface area contributed by atoms with Crippen molar-refractivity contribution >= 4 is 5.82 Å². The maximum Gasteiger partial charge on any atom is 0.143 e. The van der Waals surface area contributed by atoms with Crippen LogP contribution in [0.3, 0.4) is 0 Å². The first-order valence-electron chi connectivity index (χ1n) is 5.31. The lowest BCUT2D eigenvalue weighted by atomic mass is 10.1. The van der Waals surface area contributed by atoms with Gasteiger partial charge in [-0.2, -0.15) is 0 Å². The lowest BCUT2D eigenvalue weighted by Crippen LogP contribution is -2.33. The monoisotopic (exact) mass is 189 g/mol. The van der Waals surface area contributed by atoms with E-state index in [1.165, 1.54) is 31.5 Å². The van der Waals surface area contributed by atoms with Gasteiger partial charge in [-0.3, -0.25) is 5.01 Å². The lowest BCUT2D eigenvalue weighted by molar-refractivity contribution is 0.346. The molecule has 0 aromatic carbocycles. The molecule has 2 saturated heterocycles. The molecule has 0 amide bonds. The molecule has 0 aliphatic carbocycles. The smallest absolute Gasteiger partial charge is 0.143 e. The summed E-state index contributed by atoms with van der Waals surface area (Å²) in [5.41, 5.74) is 1.23. The van der Waals surface area contributed by atoms with Gasteiger partial charge in [0.2, 0.25) is 0 Å². The summed E-state index contributed by atoms with van der Waals surface area (Å²) in [4.78, 5) is 4.49. The predicted octanol–water partition coefficient (Wildman–Crippen LogP) is 1.59. The topological polar surface area (TPSA) is 19.4 Å². The fraction of sp³-hybridized carbons (Fsp3) is 0.545. The minimum Gasteiger partial charge on any atom is -0.286 e. The molecule has 3 heteroatoms. The molecular formula is C11H15N3. The molecule has 0 radical (unpaired) electrons. The van der Waals surface area contributed by atoms with Crippen LogP contribution >= 0.6 is 0 Å². The zero-order valence-electron chi connectivity index (χ0n) is 8.48. The summed E-state index contributed by atoms with van der Waals surface area (Å²) in [6.45, 7) is 4.50. The van der Waals surface area contributed by atoms with Crippen LogP contribution in [-0.2, 0) is 0 Å². The second kappa shape index (κ2) is 2.95. The van der Waals surface area contributed by atoms with E-state index >= 15 is 0 Å². The summed E-state index contributed by atoms with van der Waals surface area (Å²) in [7, 11) is 0. The number of hydrogen-bond acceptors (Lipinski definition) is 3. The molecule has 0 N–H and O–H groups in total. The van der Waals surface area contributed by atoms with Crippen LogP contribution in [0.15, 0.2) is 18.3 Å². The van der Waals surface area contributed by atoms with Crippen molar-refractivity contribution in [1.82, 2.24) is 9.99 Å². The van der Waals surface area contributed by atoms with Crippen molar-refractivity contribution in [3.05, 3.63) is 23.9 Å². The van der Waals surface area contributed by atoms with E-state index in [0.29, 0.717) is 6.04 Å². The van der Waals surface area contributed by atoms with E-state index in [1.54, 1.807) is 0 Å². The van der Waals surface area contributed by atoms with Crippen molar-refractivity contribution < 1.29 is 0 Å². The number of nitrogens with zero attached hydrogens (tertiary/aromatic N) is 3. The molecule has 2 aliphatic rings. The van der Waals surface area contributed by atoms with Crippen LogP contribution in [0.2, 0.25) is 0 Å². The van der Waals surface area contributed by atoms with Crippen LogP contribution in [-0.4, -0.2) is 29.1 Å². The Bertz CT molecular complexity index is 313. The highest BCUT2D eigenvalue weighted by Gasteiger charge is 2.38. The number of rotatable bonds is 1. The molecular weight excluding hydrogens is 174 g/mol. The fourth-order valence-corrected chi connectivity index (χ4v) is 2.47. The van der Waals surface area contributed by atoms with Crippen LogP contribution in [0.25, 0.3) is 0 Å². The lowest BCUT2D eigenvalue weighted by Gasteiger charge is -2.24. The Morgan fingerprint density at radius 2 is 2.07 bits per heavy atom. The molecule has 2 fully saturated rings. The minimum absolute atomic E-state index is 0.713. The number of pyridine rings is 1. The van der Waals surface area contributed by atoms with E-state index in [4.69, 9.17) is 0 Å². The second-order valence-corrected chi connectivity index (χ2v) is 4.22. The molecule has 3 rings (SSSR count). The average molecular weight is 189 g/mol. The molecule has 14 heavy (non-hydrogen) atoms. The SMILES string of the molecule is Cc1ccc(N2C3CCN2CC3)nc1. The maximum absolute atomic E-state index is 4.49. The maximum atomic E-state index is 4.49. The van der Waals surface area contributed by atoms with E-state index in [1.807, 2.05) is 6.20 Å². The van der Waals surface area contributed by atoms with E-state index < -0.39 is 0 Å². The summed E-state index contributed by atoms with van der Waals surface area (Å²) < 4.78 is 0. The van der Waals surface area contributed by atoms with Gasteiger partial charge in [-0.15, -0.1) is 0 Å². The van der Waals surface area contributed by atoms with E-state index in [0.717, 1.165) is 5.82 Å². The van der Waals surface area contributed by atoms with Crippen molar-refractivity contribution in [3.8, 4) is 0 Å². The molecule has 1 aromatic rings. The van der Waals surface area contributed by atoms with Crippen molar-refractivity contribution in [2.45, 2.75) is 25.8 Å². The highest BCUT2D eigenvalue weighted by Crippen LogP contribution is 2.32. The fourth-order valence-electron chi connectivity index (χ4n) is 2.47. The Morgan fingerprint density at radius 3 is 2.57 bits per heavy atom. The van der Waals surface area contributed by atoms with Gasteiger partial charge >= 0.3 is 0 Å². The molecule has 1 aromatic heterocycles. The Hall–Kier alpha value is -1.09. The molecule has 0 spiro atoms. The summed E-state index contributed by atoms with van der Waals surface area (Å²) in [5.74, 6) is 1.12. The van der Waals surface area contributed by atoms with Crippen LogP contribution in [0.4, 0.5) is 5.82 Å². The Kier molecular flexibility index (Phi) is 1.74. The molecule has 0 unspecified atom stereocenters.